The van der Waals surface area contributed by atoms with E-state index in [1.54, 1.807) is 20.4 Å². The van der Waals surface area contributed by atoms with Gasteiger partial charge in [-0.3, -0.25) is 0 Å². The molecule has 3 heterocycles. The van der Waals surface area contributed by atoms with Crippen LogP contribution in [-0.2, 0) is 4.74 Å². The van der Waals surface area contributed by atoms with E-state index >= 15 is 0 Å². The summed E-state index contributed by atoms with van der Waals surface area (Å²) in [5, 5.41) is 4.10. The maximum absolute atomic E-state index is 5.79. The zero-order chi connectivity index (χ0) is 20.4. The summed E-state index contributed by atoms with van der Waals surface area (Å²) in [4.78, 5) is 11.3. The Kier molecular flexibility index (Phi) is 5.35. The largest absolute Gasteiger partial charge is 0.493 e. The van der Waals surface area contributed by atoms with Crippen molar-refractivity contribution in [2.75, 3.05) is 32.2 Å². The highest BCUT2D eigenvalue weighted by Gasteiger charge is 2.23. The van der Waals surface area contributed by atoms with E-state index in [-0.39, 0.29) is 12.2 Å². The van der Waals surface area contributed by atoms with Crippen LogP contribution >= 0.6 is 0 Å². The van der Waals surface area contributed by atoms with Gasteiger partial charge in [-0.05, 0) is 38.1 Å². The van der Waals surface area contributed by atoms with E-state index in [1.807, 2.05) is 30.3 Å². The second-order valence-corrected chi connectivity index (χ2v) is 7.03. The maximum atomic E-state index is 5.79. The third-order valence-electron chi connectivity index (χ3n) is 4.81. The van der Waals surface area contributed by atoms with Gasteiger partial charge in [0.2, 0.25) is 5.82 Å². The molecule has 1 aromatic carbocycles. The van der Waals surface area contributed by atoms with Gasteiger partial charge in [-0.2, -0.15) is 4.98 Å². The number of morpholine rings is 1. The maximum Gasteiger partial charge on any atom is 0.259 e. The van der Waals surface area contributed by atoms with Gasteiger partial charge in [0.1, 0.15) is 5.82 Å². The highest BCUT2D eigenvalue weighted by atomic mass is 16.5. The van der Waals surface area contributed by atoms with Crippen molar-refractivity contribution in [1.29, 1.82) is 0 Å². The molecule has 0 saturated carbocycles. The first-order valence-corrected chi connectivity index (χ1v) is 9.51. The summed E-state index contributed by atoms with van der Waals surface area (Å²) in [6.45, 7) is 5.78. The molecule has 4 rings (SSSR count). The molecule has 1 fully saturated rings. The first-order valence-electron chi connectivity index (χ1n) is 9.51. The zero-order valence-corrected chi connectivity index (χ0v) is 17.0. The zero-order valence-electron chi connectivity index (χ0n) is 17.0. The van der Waals surface area contributed by atoms with Crippen molar-refractivity contribution in [1.82, 2.24) is 15.1 Å². The molecular weight excluding hydrogens is 372 g/mol. The number of benzene rings is 1. The van der Waals surface area contributed by atoms with Crippen molar-refractivity contribution in [3.8, 4) is 34.3 Å². The number of nitrogens with zero attached hydrogens (tertiary/aromatic N) is 4. The van der Waals surface area contributed by atoms with Gasteiger partial charge in [0, 0.05) is 19.3 Å². The van der Waals surface area contributed by atoms with Crippen LogP contribution in [0.25, 0.3) is 22.8 Å². The van der Waals surface area contributed by atoms with E-state index in [0.29, 0.717) is 28.8 Å². The van der Waals surface area contributed by atoms with Crippen LogP contribution in [0.4, 0.5) is 5.82 Å². The van der Waals surface area contributed by atoms with Gasteiger partial charge >= 0.3 is 0 Å². The molecule has 1 aliphatic heterocycles. The quantitative estimate of drug-likeness (QED) is 0.649. The van der Waals surface area contributed by atoms with Crippen LogP contribution < -0.4 is 14.4 Å². The molecule has 0 aliphatic carbocycles. The lowest BCUT2D eigenvalue weighted by molar-refractivity contribution is -0.00545. The molecule has 8 heteroatoms. The normalized spacial score (nSPS) is 19.2. The molecule has 29 heavy (non-hydrogen) atoms. The lowest BCUT2D eigenvalue weighted by Crippen LogP contribution is -2.45. The Hall–Kier alpha value is -3.13. The number of hydrogen-bond donors (Lipinski definition) is 0. The number of aromatic nitrogens is 3. The average Bonchev–Trinajstić information content (AvgIpc) is 3.22. The van der Waals surface area contributed by atoms with Crippen molar-refractivity contribution >= 4 is 5.82 Å². The number of anilines is 1. The number of hydrogen-bond acceptors (Lipinski definition) is 8. The lowest BCUT2D eigenvalue weighted by Gasteiger charge is -2.36. The Morgan fingerprint density at radius 1 is 1.03 bits per heavy atom. The summed E-state index contributed by atoms with van der Waals surface area (Å²) in [5.74, 6) is 2.90. The Morgan fingerprint density at radius 2 is 1.83 bits per heavy atom. The second-order valence-electron chi connectivity index (χ2n) is 7.03. The van der Waals surface area contributed by atoms with Gasteiger partial charge < -0.3 is 23.6 Å². The predicted octanol–water partition coefficient (Wildman–Crippen LogP) is 3.43. The van der Waals surface area contributed by atoms with Crippen LogP contribution in [0.1, 0.15) is 13.8 Å². The van der Waals surface area contributed by atoms with E-state index in [9.17, 15) is 0 Å². The number of ether oxygens (including phenoxy) is 3. The van der Waals surface area contributed by atoms with Gasteiger partial charge in [0.05, 0.1) is 37.6 Å². The number of rotatable bonds is 5. The first-order chi connectivity index (χ1) is 14.1. The molecule has 2 aromatic heterocycles. The van der Waals surface area contributed by atoms with Crippen LogP contribution in [0.3, 0.4) is 0 Å². The fraction of sp³-hybridized carbons (Fsp3) is 0.381. The van der Waals surface area contributed by atoms with Gasteiger partial charge in [-0.25, -0.2) is 4.98 Å². The van der Waals surface area contributed by atoms with Crippen LogP contribution in [-0.4, -0.2) is 54.6 Å². The first kappa shape index (κ1) is 19.2. The molecule has 1 saturated heterocycles. The molecular formula is C21H24N4O4. The number of methoxy groups -OCH3 is 2. The highest BCUT2D eigenvalue weighted by molar-refractivity contribution is 5.69. The third kappa shape index (κ3) is 3.88. The average molecular weight is 396 g/mol. The van der Waals surface area contributed by atoms with Crippen molar-refractivity contribution in [3.05, 3.63) is 36.5 Å². The monoisotopic (exact) mass is 396 g/mol. The van der Waals surface area contributed by atoms with Gasteiger partial charge in [0.25, 0.3) is 5.89 Å². The van der Waals surface area contributed by atoms with Gasteiger partial charge in [-0.1, -0.05) is 11.2 Å². The summed E-state index contributed by atoms with van der Waals surface area (Å²) >= 11 is 0. The molecule has 3 aromatic rings. The summed E-state index contributed by atoms with van der Waals surface area (Å²) in [6.07, 6.45) is 2.10. The third-order valence-corrected chi connectivity index (χ3v) is 4.81. The standard InChI is InChI=1S/C21H24N4O4/c1-13-11-25(12-14(2)28-13)18-9-8-15(10-22-18)21-23-20(24-29-21)16-6-5-7-17(26-3)19(16)27-4/h5-10,13-14H,11-12H2,1-4H3/t13-,14+. The van der Waals surface area contributed by atoms with Crippen molar-refractivity contribution in [3.63, 3.8) is 0 Å². The number of para-hydroxylation sites is 1. The summed E-state index contributed by atoms with van der Waals surface area (Å²) in [7, 11) is 3.17. The van der Waals surface area contributed by atoms with Crippen LogP contribution in [0.2, 0.25) is 0 Å². The summed E-state index contributed by atoms with van der Waals surface area (Å²) < 4.78 is 22.1. The highest BCUT2D eigenvalue weighted by Crippen LogP contribution is 2.37. The Bertz CT molecular complexity index is 963. The fourth-order valence-electron chi connectivity index (χ4n) is 3.58. The topological polar surface area (TPSA) is 82.7 Å². The molecule has 2 atom stereocenters. The number of pyridine rings is 1. The lowest BCUT2D eigenvalue weighted by atomic mass is 10.1. The smallest absolute Gasteiger partial charge is 0.259 e. The molecule has 1 aliphatic rings. The SMILES string of the molecule is COc1cccc(-c2noc(-c3ccc(N4C[C@@H](C)O[C@@H](C)C4)nc3)n2)c1OC. The molecule has 0 N–H and O–H groups in total. The molecule has 0 bridgehead atoms. The molecule has 0 radical (unpaired) electrons. The molecule has 152 valence electrons. The molecule has 0 unspecified atom stereocenters. The van der Waals surface area contributed by atoms with E-state index in [4.69, 9.17) is 18.7 Å². The van der Waals surface area contributed by atoms with E-state index < -0.39 is 0 Å². The Morgan fingerprint density at radius 3 is 2.48 bits per heavy atom. The summed E-state index contributed by atoms with van der Waals surface area (Å²) in [5.41, 5.74) is 1.45. The molecule has 0 amide bonds. The van der Waals surface area contributed by atoms with Crippen LogP contribution in [0.15, 0.2) is 41.1 Å². The fourth-order valence-corrected chi connectivity index (χ4v) is 3.58. The van der Waals surface area contributed by atoms with Gasteiger partial charge in [-0.15, -0.1) is 0 Å². The second kappa shape index (κ2) is 8.08. The molecule has 8 nitrogen and oxygen atoms in total. The molecule has 0 spiro atoms. The van der Waals surface area contributed by atoms with E-state index in [2.05, 4.69) is 33.9 Å². The Labute approximate surface area is 169 Å². The van der Waals surface area contributed by atoms with Crippen LogP contribution in [0, 0.1) is 0 Å². The minimum atomic E-state index is 0.177. The van der Waals surface area contributed by atoms with Gasteiger partial charge in [0.15, 0.2) is 11.5 Å². The van der Waals surface area contributed by atoms with Crippen molar-refractivity contribution in [2.45, 2.75) is 26.1 Å². The van der Waals surface area contributed by atoms with Crippen molar-refractivity contribution < 1.29 is 18.7 Å². The Balaban J connectivity index is 1.58. The van der Waals surface area contributed by atoms with E-state index in [0.717, 1.165) is 24.5 Å². The van der Waals surface area contributed by atoms with E-state index in [1.165, 1.54) is 0 Å². The minimum Gasteiger partial charge on any atom is -0.493 e. The predicted molar refractivity (Wildman–Crippen MR) is 108 cm³/mol. The van der Waals surface area contributed by atoms with Crippen molar-refractivity contribution in [2.24, 2.45) is 0 Å². The summed E-state index contributed by atoms with van der Waals surface area (Å²) in [6, 6.07) is 9.44. The minimum absolute atomic E-state index is 0.177. The van der Waals surface area contributed by atoms with Crippen LogP contribution in [0.5, 0.6) is 11.5 Å².